The van der Waals surface area contributed by atoms with E-state index in [1.54, 1.807) is 25.8 Å². The molecule has 1 aromatic rings. The Hall–Kier alpha value is -1.40. The molecule has 0 aliphatic rings. The number of nitrogens with one attached hydrogen (secondary N) is 1. The number of nitrogens with zero attached hydrogens (tertiary/aromatic N) is 1. The SMILES string of the molecule is CC(C)C(NCC(=O)N(C)Cc1ccccc1Br)C(=O)O. The minimum absolute atomic E-state index is 0.0100. The Kier molecular flexibility index (Phi) is 6.84. The third-order valence-corrected chi connectivity index (χ3v) is 3.97. The average Bonchev–Trinajstić information content (AvgIpc) is 2.40. The van der Waals surface area contributed by atoms with Gasteiger partial charge in [-0.1, -0.05) is 48.0 Å². The number of halogens is 1. The first-order valence-corrected chi connectivity index (χ1v) is 7.55. The van der Waals surface area contributed by atoms with E-state index in [0.717, 1.165) is 10.0 Å². The van der Waals surface area contributed by atoms with Crippen LogP contribution in [0.1, 0.15) is 19.4 Å². The first kappa shape index (κ1) is 17.7. The van der Waals surface area contributed by atoms with Crippen LogP contribution in [0.5, 0.6) is 0 Å². The molecule has 0 aliphatic carbocycles. The van der Waals surface area contributed by atoms with E-state index in [1.165, 1.54) is 0 Å². The van der Waals surface area contributed by atoms with Crippen molar-refractivity contribution >= 4 is 27.8 Å². The second kappa shape index (κ2) is 8.14. The summed E-state index contributed by atoms with van der Waals surface area (Å²) >= 11 is 3.44. The summed E-state index contributed by atoms with van der Waals surface area (Å²) in [5.41, 5.74) is 1.01. The Bertz CT molecular complexity index is 505. The molecule has 0 radical (unpaired) electrons. The Morgan fingerprint density at radius 3 is 2.48 bits per heavy atom. The molecule has 0 saturated carbocycles. The maximum atomic E-state index is 12.1. The molecule has 0 aromatic heterocycles. The first-order valence-electron chi connectivity index (χ1n) is 6.76. The molecular weight excluding hydrogens is 336 g/mol. The molecule has 0 spiro atoms. The van der Waals surface area contributed by atoms with Crippen molar-refractivity contribution in [1.29, 1.82) is 0 Å². The van der Waals surface area contributed by atoms with Gasteiger partial charge in [-0.05, 0) is 17.5 Å². The van der Waals surface area contributed by atoms with Crippen molar-refractivity contribution in [1.82, 2.24) is 10.2 Å². The lowest BCUT2D eigenvalue weighted by molar-refractivity contribution is -0.141. The molecule has 1 atom stereocenters. The zero-order valence-electron chi connectivity index (χ0n) is 12.5. The third kappa shape index (κ3) is 5.47. The van der Waals surface area contributed by atoms with Gasteiger partial charge >= 0.3 is 5.97 Å². The second-order valence-corrected chi connectivity index (χ2v) is 6.14. The fraction of sp³-hybridized carbons (Fsp3) is 0.467. The molecule has 0 bridgehead atoms. The predicted molar refractivity (Wildman–Crippen MR) is 84.9 cm³/mol. The van der Waals surface area contributed by atoms with E-state index in [1.807, 2.05) is 24.3 Å². The second-order valence-electron chi connectivity index (χ2n) is 5.28. The van der Waals surface area contributed by atoms with Gasteiger partial charge in [-0.25, -0.2) is 0 Å². The van der Waals surface area contributed by atoms with Crippen molar-refractivity contribution in [2.45, 2.75) is 26.4 Å². The molecular formula is C15H21BrN2O3. The van der Waals surface area contributed by atoms with Crippen LogP contribution in [0.15, 0.2) is 28.7 Å². The van der Waals surface area contributed by atoms with Crippen molar-refractivity contribution in [3.8, 4) is 0 Å². The van der Waals surface area contributed by atoms with Crippen molar-refractivity contribution < 1.29 is 14.7 Å². The highest BCUT2D eigenvalue weighted by Gasteiger charge is 2.22. The number of carbonyl (C=O) groups excluding carboxylic acids is 1. The summed E-state index contributed by atoms with van der Waals surface area (Å²) < 4.78 is 0.947. The molecule has 1 amide bonds. The standard InChI is InChI=1S/C15H21BrN2O3/c1-10(2)14(15(20)21)17-8-13(19)18(3)9-11-6-4-5-7-12(11)16/h4-7,10,14,17H,8-9H2,1-3H3,(H,20,21). The fourth-order valence-electron chi connectivity index (χ4n) is 1.91. The lowest BCUT2D eigenvalue weighted by Gasteiger charge is -2.21. The van der Waals surface area contributed by atoms with Gasteiger partial charge in [0.15, 0.2) is 0 Å². The normalized spacial score (nSPS) is 12.2. The van der Waals surface area contributed by atoms with Crippen LogP contribution in [-0.2, 0) is 16.1 Å². The van der Waals surface area contributed by atoms with E-state index in [2.05, 4.69) is 21.2 Å². The van der Waals surface area contributed by atoms with Gasteiger partial charge < -0.3 is 10.0 Å². The van der Waals surface area contributed by atoms with Gasteiger partial charge in [-0.3, -0.25) is 14.9 Å². The molecule has 0 aliphatic heterocycles. The van der Waals surface area contributed by atoms with E-state index < -0.39 is 12.0 Å². The van der Waals surface area contributed by atoms with E-state index in [9.17, 15) is 9.59 Å². The van der Waals surface area contributed by atoms with Gasteiger partial charge in [0.05, 0.1) is 6.54 Å². The van der Waals surface area contributed by atoms with Crippen LogP contribution in [0.25, 0.3) is 0 Å². The Labute approximate surface area is 133 Å². The molecule has 2 N–H and O–H groups in total. The zero-order valence-corrected chi connectivity index (χ0v) is 14.1. The third-order valence-electron chi connectivity index (χ3n) is 3.20. The maximum Gasteiger partial charge on any atom is 0.320 e. The van der Waals surface area contributed by atoms with Crippen LogP contribution >= 0.6 is 15.9 Å². The zero-order chi connectivity index (χ0) is 16.0. The van der Waals surface area contributed by atoms with E-state index in [0.29, 0.717) is 6.54 Å². The minimum Gasteiger partial charge on any atom is -0.480 e. The highest BCUT2D eigenvalue weighted by Crippen LogP contribution is 2.17. The van der Waals surface area contributed by atoms with Crippen LogP contribution < -0.4 is 5.32 Å². The van der Waals surface area contributed by atoms with E-state index in [-0.39, 0.29) is 18.4 Å². The largest absolute Gasteiger partial charge is 0.480 e. The number of aliphatic carboxylic acids is 1. The molecule has 0 heterocycles. The molecule has 1 unspecified atom stereocenters. The van der Waals surface area contributed by atoms with Crippen molar-refractivity contribution in [3.05, 3.63) is 34.3 Å². The Morgan fingerprint density at radius 1 is 1.33 bits per heavy atom. The van der Waals surface area contributed by atoms with E-state index in [4.69, 9.17) is 5.11 Å². The monoisotopic (exact) mass is 356 g/mol. The predicted octanol–water partition coefficient (Wildman–Crippen LogP) is 2.11. The van der Waals surface area contributed by atoms with Crippen LogP contribution in [0.4, 0.5) is 0 Å². The van der Waals surface area contributed by atoms with Crippen LogP contribution in [0, 0.1) is 5.92 Å². The molecule has 116 valence electrons. The molecule has 1 aromatic carbocycles. The van der Waals surface area contributed by atoms with Crippen LogP contribution in [-0.4, -0.2) is 41.5 Å². The smallest absolute Gasteiger partial charge is 0.320 e. The van der Waals surface area contributed by atoms with Gasteiger partial charge in [-0.15, -0.1) is 0 Å². The van der Waals surface area contributed by atoms with Crippen LogP contribution in [0.2, 0.25) is 0 Å². The van der Waals surface area contributed by atoms with Gasteiger partial charge in [0.1, 0.15) is 6.04 Å². The highest BCUT2D eigenvalue weighted by molar-refractivity contribution is 9.10. The number of hydrogen-bond donors (Lipinski definition) is 2. The molecule has 6 heteroatoms. The Morgan fingerprint density at radius 2 is 1.95 bits per heavy atom. The van der Waals surface area contributed by atoms with E-state index >= 15 is 0 Å². The van der Waals surface area contributed by atoms with Crippen molar-refractivity contribution in [2.75, 3.05) is 13.6 Å². The summed E-state index contributed by atoms with van der Waals surface area (Å²) in [5.74, 6) is -1.16. The number of hydrogen-bond acceptors (Lipinski definition) is 3. The summed E-state index contributed by atoms with van der Waals surface area (Å²) in [6, 6.07) is 6.97. The lowest BCUT2D eigenvalue weighted by atomic mass is 10.1. The van der Waals surface area contributed by atoms with Crippen molar-refractivity contribution in [3.63, 3.8) is 0 Å². The molecule has 0 saturated heterocycles. The number of likely N-dealkylation sites (N-methyl/N-ethyl adjacent to an activating group) is 1. The van der Waals surface area contributed by atoms with Gasteiger partial charge in [0.2, 0.25) is 5.91 Å². The van der Waals surface area contributed by atoms with Gasteiger partial charge in [0, 0.05) is 18.1 Å². The number of carboxylic acids is 1. The van der Waals surface area contributed by atoms with Gasteiger partial charge in [-0.2, -0.15) is 0 Å². The fourth-order valence-corrected chi connectivity index (χ4v) is 2.32. The summed E-state index contributed by atoms with van der Waals surface area (Å²) in [4.78, 5) is 24.7. The summed E-state index contributed by atoms with van der Waals surface area (Å²) in [6.07, 6.45) is 0. The topological polar surface area (TPSA) is 69.6 Å². The molecule has 1 rings (SSSR count). The number of rotatable bonds is 7. The number of carbonyl (C=O) groups is 2. The summed E-state index contributed by atoms with van der Waals surface area (Å²) in [6.45, 7) is 4.10. The van der Waals surface area contributed by atoms with Gasteiger partial charge in [0.25, 0.3) is 0 Å². The Balaban J connectivity index is 2.55. The molecule has 5 nitrogen and oxygen atoms in total. The molecule has 0 fully saturated rings. The lowest BCUT2D eigenvalue weighted by Crippen LogP contribution is -2.46. The highest BCUT2D eigenvalue weighted by atomic mass is 79.9. The minimum atomic E-state index is -0.939. The summed E-state index contributed by atoms with van der Waals surface area (Å²) in [7, 11) is 1.70. The number of benzene rings is 1. The average molecular weight is 357 g/mol. The number of carboxylic acid groups (broad SMARTS) is 1. The quantitative estimate of drug-likeness (QED) is 0.784. The molecule has 21 heavy (non-hydrogen) atoms. The van der Waals surface area contributed by atoms with Crippen molar-refractivity contribution in [2.24, 2.45) is 5.92 Å². The maximum absolute atomic E-state index is 12.1. The number of amides is 1. The summed E-state index contributed by atoms with van der Waals surface area (Å²) in [5, 5.41) is 11.9. The van der Waals surface area contributed by atoms with Crippen LogP contribution in [0.3, 0.4) is 0 Å². The first-order chi connectivity index (χ1) is 9.82.